The van der Waals surface area contributed by atoms with Gasteiger partial charge in [0.05, 0.1) is 33.0 Å². The van der Waals surface area contributed by atoms with E-state index in [0.717, 1.165) is 6.42 Å². The summed E-state index contributed by atoms with van der Waals surface area (Å²) in [5, 5.41) is 2.84. The predicted octanol–water partition coefficient (Wildman–Crippen LogP) is 3.12. The number of fused-ring (bicyclic) bond motifs is 1. The molecule has 6 nitrogen and oxygen atoms in total. The maximum absolute atomic E-state index is 12.6. The Balaban J connectivity index is 1.83. The van der Waals surface area contributed by atoms with Gasteiger partial charge in [0, 0.05) is 18.2 Å². The number of carbonyl (C=O) groups excluding carboxylic acids is 1. The van der Waals surface area contributed by atoms with Gasteiger partial charge in [0.15, 0.2) is 11.5 Å². The summed E-state index contributed by atoms with van der Waals surface area (Å²) in [6, 6.07) is 10.4. The van der Waals surface area contributed by atoms with E-state index in [-0.39, 0.29) is 5.91 Å². The van der Waals surface area contributed by atoms with Crippen LogP contribution in [-0.2, 0) is 0 Å². The van der Waals surface area contributed by atoms with Crippen molar-refractivity contribution in [3.05, 3.63) is 42.0 Å². The first-order chi connectivity index (χ1) is 11.7. The molecule has 126 valence electrons. The van der Waals surface area contributed by atoms with Gasteiger partial charge in [-0.15, -0.1) is 0 Å². The zero-order chi connectivity index (χ0) is 16.9. The lowest BCUT2D eigenvalue weighted by atomic mass is 10.1. The highest BCUT2D eigenvalue weighted by atomic mass is 16.5. The molecule has 0 aromatic heterocycles. The van der Waals surface area contributed by atoms with Crippen molar-refractivity contribution in [2.45, 2.75) is 6.42 Å². The van der Waals surface area contributed by atoms with Gasteiger partial charge < -0.3 is 24.3 Å². The lowest BCUT2D eigenvalue weighted by Crippen LogP contribution is -2.13. The maximum Gasteiger partial charge on any atom is 0.259 e. The second kappa shape index (κ2) is 7.12. The Bertz CT molecular complexity index is 744. The van der Waals surface area contributed by atoms with Crippen molar-refractivity contribution in [3.63, 3.8) is 0 Å². The molecule has 1 aliphatic heterocycles. The number of nitrogens with one attached hydrogen (secondary N) is 1. The molecule has 0 spiro atoms. The lowest BCUT2D eigenvalue weighted by molar-refractivity contribution is 0.102. The molecular weight excluding hydrogens is 310 g/mol. The van der Waals surface area contributed by atoms with E-state index < -0.39 is 0 Å². The smallest absolute Gasteiger partial charge is 0.259 e. The molecule has 0 fully saturated rings. The third-order valence-corrected chi connectivity index (χ3v) is 3.66. The van der Waals surface area contributed by atoms with Gasteiger partial charge >= 0.3 is 0 Å². The molecule has 1 heterocycles. The second-order valence-electron chi connectivity index (χ2n) is 5.23. The maximum atomic E-state index is 12.6. The molecule has 0 saturated heterocycles. The largest absolute Gasteiger partial charge is 0.497 e. The fraction of sp³-hybridized carbons (Fsp3) is 0.278. The number of hydrogen-bond acceptors (Lipinski definition) is 5. The standard InChI is InChI=1S/C18H19NO5/c1-21-13-5-7-15(22-2)14(11-13)18(20)19-12-4-6-16-17(10-12)24-9-3-8-23-16/h4-7,10-11H,3,8-9H2,1-2H3,(H,19,20). The van der Waals surface area contributed by atoms with Crippen LogP contribution in [-0.4, -0.2) is 33.3 Å². The molecule has 1 amide bonds. The highest BCUT2D eigenvalue weighted by Gasteiger charge is 2.16. The molecule has 0 saturated carbocycles. The summed E-state index contributed by atoms with van der Waals surface area (Å²) in [4.78, 5) is 12.6. The van der Waals surface area contributed by atoms with Crippen LogP contribution in [0.3, 0.4) is 0 Å². The molecule has 0 aliphatic carbocycles. The molecule has 6 heteroatoms. The first kappa shape index (κ1) is 16.0. The Morgan fingerprint density at radius 3 is 2.54 bits per heavy atom. The summed E-state index contributed by atoms with van der Waals surface area (Å²) < 4.78 is 21.6. The van der Waals surface area contributed by atoms with E-state index >= 15 is 0 Å². The summed E-state index contributed by atoms with van der Waals surface area (Å²) in [5.74, 6) is 2.08. The van der Waals surface area contributed by atoms with E-state index in [4.69, 9.17) is 18.9 Å². The Kier molecular flexibility index (Phi) is 4.74. The number of rotatable bonds is 4. The molecule has 1 N–H and O–H groups in total. The molecule has 3 rings (SSSR count). The van der Waals surface area contributed by atoms with Gasteiger partial charge in [0.1, 0.15) is 11.5 Å². The van der Waals surface area contributed by atoms with Crippen molar-refractivity contribution in [1.29, 1.82) is 0 Å². The number of benzene rings is 2. The van der Waals surface area contributed by atoms with Crippen molar-refractivity contribution < 1.29 is 23.7 Å². The van der Waals surface area contributed by atoms with Crippen molar-refractivity contribution in [2.75, 3.05) is 32.8 Å². The fourth-order valence-electron chi connectivity index (χ4n) is 2.43. The molecule has 0 atom stereocenters. The molecule has 2 aromatic carbocycles. The molecule has 24 heavy (non-hydrogen) atoms. The number of hydrogen-bond donors (Lipinski definition) is 1. The average Bonchev–Trinajstić information content (AvgIpc) is 2.86. The Morgan fingerprint density at radius 1 is 1.00 bits per heavy atom. The number of carbonyl (C=O) groups is 1. The SMILES string of the molecule is COc1ccc(OC)c(C(=O)Nc2ccc3c(c2)OCCCO3)c1. The predicted molar refractivity (Wildman–Crippen MR) is 89.5 cm³/mol. The van der Waals surface area contributed by atoms with Gasteiger partial charge in [0.25, 0.3) is 5.91 Å². The molecule has 2 aromatic rings. The average molecular weight is 329 g/mol. The first-order valence-corrected chi connectivity index (χ1v) is 7.64. The third-order valence-electron chi connectivity index (χ3n) is 3.66. The van der Waals surface area contributed by atoms with Crippen LogP contribution in [0.5, 0.6) is 23.0 Å². The summed E-state index contributed by atoms with van der Waals surface area (Å²) in [6.07, 6.45) is 0.831. The third kappa shape index (κ3) is 3.37. The topological polar surface area (TPSA) is 66.0 Å². The zero-order valence-corrected chi connectivity index (χ0v) is 13.6. The van der Waals surface area contributed by atoms with Crippen LogP contribution < -0.4 is 24.3 Å². The van der Waals surface area contributed by atoms with Gasteiger partial charge in [-0.1, -0.05) is 0 Å². The number of methoxy groups -OCH3 is 2. The molecule has 0 unspecified atom stereocenters. The highest BCUT2D eigenvalue weighted by Crippen LogP contribution is 2.33. The monoisotopic (exact) mass is 329 g/mol. The summed E-state index contributed by atoms with van der Waals surface area (Å²) in [7, 11) is 3.07. The Labute approximate surface area is 140 Å². The first-order valence-electron chi connectivity index (χ1n) is 7.64. The van der Waals surface area contributed by atoms with Crippen molar-refractivity contribution in [1.82, 2.24) is 0 Å². The van der Waals surface area contributed by atoms with Crippen LogP contribution >= 0.6 is 0 Å². The molecule has 0 bridgehead atoms. The number of ether oxygens (including phenoxy) is 4. The van der Waals surface area contributed by atoms with E-state index in [9.17, 15) is 4.79 Å². The fourth-order valence-corrected chi connectivity index (χ4v) is 2.43. The van der Waals surface area contributed by atoms with Crippen molar-refractivity contribution in [2.24, 2.45) is 0 Å². The summed E-state index contributed by atoms with van der Waals surface area (Å²) in [6.45, 7) is 1.22. The van der Waals surface area contributed by atoms with Gasteiger partial charge in [-0.3, -0.25) is 4.79 Å². The van der Waals surface area contributed by atoms with E-state index in [0.29, 0.717) is 47.5 Å². The van der Waals surface area contributed by atoms with Gasteiger partial charge in [-0.25, -0.2) is 0 Å². The van der Waals surface area contributed by atoms with Crippen LogP contribution in [0.1, 0.15) is 16.8 Å². The van der Waals surface area contributed by atoms with Crippen molar-refractivity contribution >= 4 is 11.6 Å². The van der Waals surface area contributed by atoms with E-state index in [2.05, 4.69) is 5.32 Å². The van der Waals surface area contributed by atoms with Crippen LogP contribution in [0.4, 0.5) is 5.69 Å². The number of amides is 1. The van der Waals surface area contributed by atoms with Gasteiger partial charge in [-0.2, -0.15) is 0 Å². The lowest BCUT2D eigenvalue weighted by Gasteiger charge is -2.12. The van der Waals surface area contributed by atoms with Gasteiger partial charge in [-0.05, 0) is 30.3 Å². The normalized spacial score (nSPS) is 12.9. The van der Waals surface area contributed by atoms with Crippen LogP contribution in [0.25, 0.3) is 0 Å². The zero-order valence-electron chi connectivity index (χ0n) is 13.6. The quantitative estimate of drug-likeness (QED) is 0.933. The van der Waals surface area contributed by atoms with Crippen LogP contribution in [0, 0.1) is 0 Å². The second-order valence-corrected chi connectivity index (χ2v) is 5.23. The molecule has 1 aliphatic rings. The van der Waals surface area contributed by atoms with Crippen LogP contribution in [0.2, 0.25) is 0 Å². The minimum Gasteiger partial charge on any atom is -0.497 e. The summed E-state index contributed by atoms with van der Waals surface area (Å²) >= 11 is 0. The Hall–Kier alpha value is -2.89. The number of anilines is 1. The van der Waals surface area contributed by atoms with Gasteiger partial charge in [0.2, 0.25) is 0 Å². The van der Waals surface area contributed by atoms with Crippen LogP contribution in [0.15, 0.2) is 36.4 Å². The van der Waals surface area contributed by atoms with E-state index in [1.54, 1.807) is 43.5 Å². The minimum absolute atomic E-state index is 0.291. The van der Waals surface area contributed by atoms with Crippen molar-refractivity contribution in [3.8, 4) is 23.0 Å². The molecular formula is C18H19NO5. The van der Waals surface area contributed by atoms with E-state index in [1.165, 1.54) is 7.11 Å². The highest BCUT2D eigenvalue weighted by molar-refractivity contribution is 6.06. The van der Waals surface area contributed by atoms with E-state index in [1.807, 2.05) is 0 Å². The summed E-state index contributed by atoms with van der Waals surface area (Å²) in [5.41, 5.74) is 1.01. The minimum atomic E-state index is -0.291. The Morgan fingerprint density at radius 2 is 1.79 bits per heavy atom. The molecule has 0 radical (unpaired) electrons.